The maximum Gasteiger partial charge on any atom is 0.329 e. The molecule has 10 nitrogen and oxygen atoms in total. The molecule has 0 saturated carbocycles. The fraction of sp³-hybridized carbons (Fsp3) is 0.368. The van der Waals surface area contributed by atoms with Crippen LogP contribution in [0.1, 0.15) is 12.5 Å². The van der Waals surface area contributed by atoms with Crippen LogP contribution < -0.4 is 16.0 Å². The van der Waals surface area contributed by atoms with E-state index in [1.807, 2.05) is 31.2 Å². The van der Waals surface area contributed by atoms with Crippen LogP contribution in [0.25, 0.3) is 11.2 Å². The number of benzene rings is 1. The smallest absolute Gasteiger partial charge is 0.329 e. The number of aromatic amines is 1. The molecule has 1 atom stereocenters. The van der Waals surface area contributed by atoms with Crippen molar-refractivity contribution in [1.29, 1.82) is 0 Å². The summed E-state index contributed by atoms with van der Waals surface area (Å²) in [6.07, 6.45) is -0.0983. The summed E-state index contributed by atoms with van der Waals surface area (Å²) in [5.74, 6) is -0.741. The van der Waals surface area contributed by atoms with Gasteiger partial charge in [-0.15, -0.1) is 0 Å². The van der Waals surface area contributed by atoms with Gasteiger partial charge in [-0.1, -0.05) is 30.8 Å². The van der Waals surface area contributed by atoms with Crippen molar-refractivity contribution in [2.24, 2.45) is 7.05 Å². The van der Waals surface area contributed by atoms with Gasteiger partial charge in [0.1, 0.15) is 18.5 Å². The number of nitrogens with zero attached hydrogens (tertiary/aromatic N) is 3. The first-order valence-electron chi connectivity index (χ1n) is 9.24. The van der Waals surface area contributed by atoms with E-state index in [1.165, 1.54) is 11.6 Å². The number of carbonyl (C=O) groups is 1. The monoisotopic (exact) mass is 434 g/mol. The number of ether oxygens (including phenoxy) is 1. The summed E-state index contributed by atoms with van der Waals surface area (Å²) in [4.78, 5) is 41.6. The molecule has 0 saturated heterocycles. The number of carboxylic acids is 1. The molecule has 3 N–H and O–H groups in total. The summed E-state index contributed by atoms with van der Waals surface area (Å²) in [6.45, 7) is 1.94. The van der Waals surface area contributed by atoms with Crippen LogP contribution in [0.2, 0.25) is 0 Å². The van der Waals surface area contributed by atoms with Crippen molar-refractivity contribution < 1.29 is 19.7 Å². The number of aliphatic hydroxyl groups excluding tert-OH is 1. The van der Waals surface area contributed by atoms with Gasteiger partial charge < -0.3 is 19.5 Å². The number of rotatable bonds is 9. The van der Waals surface area contributed by atoms with Gasteiger partial charge in [0.25, 0.3) is 5.56 Å². The molecule has 0 amide bonds. The van der Waals surface area contributed by atoms with Crippen LogP contribution in [0.15, 0.2) is 39.0 Å². The number of hydrogen-bond acceptors (Lipinski definition) is 7. The molecule has 2 heterocycles. The van der Waals surface area contributed by atoms with E-state index >= 15 is 0 Å². The molecular weight excluding hydrogens is 412 g/mol. The minimum atomic E-state index is -1.05. The van der Waals surface area contributed by atoms with Crippen LogP contribution in [0, 0.1) is 0 Å². The van der Waals surface area contributed by atoms with Gasteiger partial charge in [0.2, 0.25) is 0 Å². The Balaban J connectivity index is 1.85. The second-order valence-corrected chi connectivity index (χ2v) is 7.58. The average molecular weight is 434 g/mol. The van der Waals surface area contributed by atoms with E-state index in [0.717, 1.165) is 28.3 Å². The number of aliphatic hydroxyl groups is 1. The zero-order valence-electron chi connectivity index (χ0n) is 16.5. The van der Waals surface area contributed by atoms with Crippen LogP contribution in [0.5, 0.6) is 5.75 Å². The molecule has 0 aliphatic heterocycles. The third-order valence-electron chi connectivity index (χ3n) is 4.46. The van der Waals surface area contributed by atoms with E-state index < -0.39 is 23.3 Å². The Morgan fingerprint density at radius 1 is 1.30 bits per heavy atom. The van der Waals surface area contributed by atoms with Crippen LogP contribution in [0.4, 0.5) is 0 Å². The van der Waals surface area contributed by atoms with E-state index in [0.29, 0.717) is 5.75 Å². The van der Waals surface area contributed by atoms with Crippen LogP contribution in [0.3, 0.4) is 0 Å². The highest BCUT2D eigenvalue weighted by atomic mass is 32.2. The van der Waals surface area contributed by atoms with Crippen molar-refractivity contribution in [3.63, 3.8) is 0 Å². The van der Waals surface area contributed by atoms with Crippen molar-refractivity contribution in [2.45, 2.75) is 31.1 Å². The predicted octanol–water partition coefficient (Wildman–Crippen LogP) is 0.602. The van der Waals surface area contributed by atoms with Gasteiger partial charge in [-0.05, 0) is 24.1 Å². The number of fused-ring (bicyclic) bond motifs is 1. The van der Waals surface area contributed by atoms with Gasteiger partial charge in [0.15, 0.2) is 16.3 Å². The molecule has 1 aromatic carbocycles. The highest BCUT2D eigenvalue weighted by Gasteiger charge is 2.20. The lowest BCUT2D eigenvalue weighted by Gasteiger charge is -2.15. The Bertz CT molecular complexity index is 1160. The molecule has 0 aliphatic rings. The van der Waals surface area contributed by atoms with Crippen molar-refractivity contribution in [2.75, 3.05) is 12.4 Å². The Hall–Kier alpha value is -3.05. The minimum Gasteiger partial charge on any atom is -0.491 e. The summed E-state index contributed by atoms with van der Waals surface area (Å²) in [5.41, 5.74) is 0.0614. The van der Waals surface area contributed by atoms with E-state index in [9.17, 15) is 19.5 Å². The fourth-order valence-corrected chi connectivity index (χ4v) is 3.62. The zero-order valence-corrected chi connectivity index (χ0v) is 17.3. The maximum absolute atomic E-state index is 12.4. The number of aryl methyl sites for hydroxylation is 2. The number of hydrogen-bond donors (Lipinski definition) is 3. The normalized spacial score (nSPS) is 12.2. The lowest BCUT2D eigenvalue weighted by molar-refractivity contribution is -0.133. The fourth-order valence-electron chi connectivity index (χ4n) is 2.90. The Morgan fingerprint density at radius 3 is 2.63 bits per heavy atom. The molecular formula is C19H22N4O6S. The second kappa shape index (κ2) is 9.18. The molecule has 160 valence electrons. The van der Waals surface area contributed by atoms with E-state index in [4.69, 9.17) is 9.84 Å². The van der Waals surface area contributed by atoms with E-state index in [2.05, 4.69) is 9.97 Å². The van der Waals surface area contributed by atoms with Gasteiger partial charge in [0.05, 0.1) is 12.3 Å². The summed E-state index contributed by atoms with van der Waals surface area (Å²) in [7, 11) is 1.45. The molecule has 2 aromatic heterocycles. The first kappa shape index (κ1) is 21.7. The number of carboxylic acid groups (broad SMARTS) is 1. The second-order valence-electron chi connectivity index (χ2n) is 6.64. The van der Waals surface area contributed by atoms with Gasteiger partial charge >= 0.3 is 11.7 Å². The lowest BCUT2D eigenvalue weighted by atomic mass is 10.2. The number of thioether (sulfide) groups is 1. The van der Waals surface area contributed by atoms with Gasteiger partial charge in [-0.2, -0.15) is 0 Å². The summed E-state index contributed by atoms with van der Waals surface area (Å²) >= 11 is 0.897. The number of H-pyrrole nitrogens is 1. The highest BCUT2D eigenvalue weighted by Crippen LogP contribution is 2.22. The Morgan fingerprint density at radius 2 is 2.00 bits per heavy atom. The minimum absolute atomic E-state index is 0.0438. The molecule has 0 bridgehead atoms. The van der Waals surface area contributed by atoms with Crippen molar-refractivity contribution in [3.05, 3.63) is 50.7 Å². The molecule has 0 unspecified atom stereocenters. The summed E-state index contributed by atoms with van der Waals surface area (Å²) in [6, 6.07) is 7.50. The molecule has 3 aromatic rings. The Kier molecular flexibility index (Phi) is 6.63. The zero-order chi connectivity index (χ0) is 21.8. The number of nitrogens with one attached hydrogen (secondary N) is 1. The molecule has 0 fully saturated rings. The number of aromatic nitrogens is 4. The van der Waals surface area contributed by atoms with Crippen LogP contribution in [-0.2, 0) is 24.8 Å². The molecule has 0 aliphatic carbocycles. The van der Waals surface area contributed by atoms with E-state index in [-0.39, 0.29) is 35.2 Å². The molecule has 30 heavy (non-hydrogen) atoms. The van der Waals surface area contributed by atoms with Gasteiger partial charge in [0, 0.05) is 7.05 Å². The number of aliphatic carboxylic acids is 1. The summed E-state index contributed by atoms with van der Waals surface area (Å²) in [5, 5.41) is 19.7. The molecule has 0 spiro atoms. The van der Waals surface area contributed by atoms with Crippen molar-refractivity contribution in [3.8, 4) is 5.75 Å². The van der Waals surface area contributed by atoms with Gasteiger partial charge in [-0.25, -0.2) is 9.78 Å². The quantitative estimate of drug-likeness (QED) is 0.416. The topological polar surface area (TPSA) is 139 Å². The first-order chi connectivity index (χ1) is 14.3. The SMILES string of the molecule is CCc1ccc(OC[C@H](O)Cn2c(SCC(=O)O)nc3c2c(=O)[nH]c(=O)n3C)cc1. The number of imidazole rings is 1. The standard InChI is InChI=1S/C19H22N4O6S/c1-3-11-4-6-13(7-5-11)29-9-12(24)8-23-15-16(20-19(23)30-10-14(25)26)22(2)18(28)21-17(15)27/h4-7,12,24H,3,8-10H2,1-2H3,(H,25,26)(H,21,27,28)/t12-/m1/s1. The van der Waals surface area contributed by atoms with Crippen LogP contribution in [-0.4, -0.2) is 53.7 Å². The summed E-state index contributed by atoms with van der Waals surface area (Å²) < 4.78 is 8.19. The van der Waals surface area contributed by atoms with Gasteiger partial charge in [-0.3, -0.25) is 19.1 Å². The highest BCUT2D eigenvalue weighted by molar-refractivity contribution is 7.99. The third-order valence-corrected chi connectivity index (χ3v) is 5.43. The maximum atomic E-state index is 12.4. The third kappa shape index (κ3) is 4.74. The molecule has 0 radical (unpaired) electrons. The largest absolute Gasteiger partial charge is 0.491 e. The molecule has 11 heteroatoms. The predicted molar refractivity (Wildman–Crippen MR) is 111 cm³/mol. The van der Waals surface area contributed by atoms with Crippen molar-refractivity contribution in [1.82, 2.24) is 19.1 Å². The van der Waals surface area contributed by atoms with Crippen molar-refractivity contribution >= 4 is 28.9 Å². The average Bonchev–Trinajstić information content (AvgIpc) is 3.08. The first-order valence-corrected chi connectivity index (χ1v) is 10.2. The lowest BCUT2D eigenvalue weighted by Crippen LogP contribution is -2.30. The van der Waals surface area contributed by atoms with Crippen LogP contribution >= 0.6 is 11.8 Å². The van der Waals surface area contributed by atoms with E-state index in [1.54, 1.807) is 0 Å². The molecule has 3 rings (SSSR count). The Labute approximate surface area is 175 Å².